The van der Waals surface area contributed by atoms with E-state index in [4.69, 9.17) is 10.5 Å². The third kappa shape index (κ3) is 5.16. The van der Waals surface area contributed by atoms with Crippen molar-refractivity contribution in [1.82, 2.24) is 4.90 Å². The van der Waals surface area contributed by atoms with Gasteiger partial charge in [0.1, 0.15) is 5.82 Å². The molecule has 0 heterocycles. The average molecular weight is 294 g/mol. The molecular formula is C15H19FN2O3. The number of rotatable bonds is 5. The number of hydrogen-bond donors (Lipinski definition) is 2. The Kier molecular flexibility index (Phi) is 6.82. The van der Waals surface area contributed by atoms with Gasteiger partial charge in [-0.3, -0.25) is 4.79 Å². The molecule has 1 aromatic rings. The first-order chi connectivity index (χ1) is 9.99. The lowest BCUT2D eigenvalue weighted by atomic mass is 10.1. The van der Waals surface area contributed by atoms with E-state index in [-0.39, 0.29) is 36.7 Å². The highest BCUT2D eigenvalue weighted by Crippen LogP contribution is 2.13. The standard InChI is InChI=1S/C15H19FN2O3/c1-18(9-13(19)10-21-2)15(20)14-6-5-12(16)8-11(14)4-3-7-17/h5-6,8,13,19H,7,9-10,17H2,1-2H3. The highest BCUT2D eigenvalue weighted by Gasteiger charge is 2.18. The summed E-state index contributed by atoms with van der Waals surface area (Å²) < 4.78 is 18.1. The summed E-state index contributed by atoms with van der Waals surface area (Å²) in [6.07, 6.45) is -0.789. The molecule has 3 N–H and O–H groups in total. The van der Waals surface area contributed by atoms with Crippen LogP contribution in [0.3, 0.4) is 0 Å². The SMILES string of the molecule is COCC(O)CN(C)C(=O)c1ccc(F)cc1C#CCN. The number of hydrogen-bond acceptors (Lipinski definition) is 4. The van der Waals surface area contributed by atoms with Gasteiger partial charge in [0.25, 0.3) is 5.91 Å². The van der Waals surface area contributed by atoms with E-state index in [1.54, 1.807) is 7.05 Å². The van der Waals surface area contributed by atoms with E-state index in [2.05, 4.69) is 11.8 Å². The summed E-state index contributed by atoms with van der Waals surface area (Å²) in [5.41, 5.74) is 5.83. The lowest BCUT2D eigenvalue weighted by molar-refractivity contribution is 0.0380. The van der Waals surface area contributed by atoms with Gasteiger partial charge in [-0.25, -0.2) is 4.39 Å². The van der Waals surface area contributed by atoms with Crippen LogP contribution in [0.1, 0.15) is 15.9 Å². The van der Waals surface area contributed by atoms with Crippen LogP contribution in [0.15, 0.2) is 18.2 Å². The minimum absolute atomic E-state index is 0.105. The monoisotopic (exact) mass is 294 g/mol. The molecule has 1 aromatic carbocycles. The van der Waals surface area contributed by atoms with E-state index in [9.17, 15) is 14.3 Å². The van der Waals surface area contributed by atoms with Crippen LogP contribution in [0.5, 0.6) is 0 Å². The molecule has 0 saturated carbocycles. The molecular weight excluding hydrogens is 275 g/mol. The molecule has 0 bridgehead atoms. The molecule has 0 aliphatic rings. The number of likely N-dealkylation sites (N-methyl/N-ethyl adjacent to an activating group) is 1. The van der Waals surface area contributed by atoms with Crippen LogP contribution >= 0.6 is 0 Å². The van der Waals surface area contributed by atoms with E-state index in [0.29, 0.717) is 0 Å². The van der Waals surface area contributed by atoms with Crippen molar-refractivity contribution < 1.29 is 19.0 Å². The van der Waals surface area contributed by atoms with Crippen molar-refractivity contribution in [2.45, 2.75) is 6.10 Å². The van der Waals surface area contributed by atoms with E-state index < -0.39 is 11.9 Å². The maximum Gasteiger partial charge on any atom is 0.254 e. The molecule has 1 rings (SSSR count). The Bertz CT molecular complexity index is 552. The molecule has 114 valence electrons. The highest BCUT2D eigenvalue weighted by molar-refractivity contribution is 5.96. The lowest BCUT2D eigenvalue weighted by Gasteiger charge is -2.21. The van der Waals surface area contributed by atoms with Crippen LogP contribution in [0, 0.1) is 17.7 Å². The quantitative estimate of drug-likeness (QED) is 0.762. The zero-order chi connectivity index (χ0) is 15.8. The molecule has 0 aliphatic carbocycles. The van der Waals surface area contributed by atoms with Gasteiger partial charge in [-0.05, 0) is 18.2 Å². The van der Waals surface area contributed by atoms with Gasteiger partial charge in [-0.15, -0.1) is 0 Å². The molecule has 6 heteroatoms. The van der Waals surface area contributed by atoms with Gasteiger partial charge >= 0.3 is 0 Å². The van der Waals surface area contributed by atoms with E-state index in [1.807, 2.05) is 0 Å². The second kappa shape index (κ2) is 8.37. The number of carbonyl (C=O) groups excluding carboxylic acids is 1. The number of aliphatic hydroxyl groups is 1. The normalized spacial score (nSPS) is 11.5. The molecule has 0 spiro atoms. The minimum Gasteiger partial charge on any atom is -0.389 e. The van der Waals surface area contributed by atoms with Gasteiger partial charge in [0.05, 0.1) is 24.8 Å². The zero-order valence-corrected chi connectivity index (χ0v) is 12.1. The van der Waals surface area contributed by atoms with Gasteiger partial charge in [0.2, 0.25) is 0 Å². The fourth-order valence-electron chi connectivity index (χ4n) is 1.80. The van der Waals surface area contributed by atoms with Gasteiger partial charge < -0.3 is 20.5 Å². The Morgan fingerprint density at radius 1 is 1.57 bits per heavy atom. The van der Waals surface area contributed by atoms with Crippen LogP contribution in [0.4, 0.5) is 4.39 Å². The largest absolute Gasteiger partial charge is 0.389 e. The van der Waals surface area contributed by atoms with Crippen molar-refractivity contribution in [2.75, 3.05) is 33.9 Å². The summed E-state index contributed by atoms with van der Waals surface area (Å²) >= 11 is 0. The fraction of sp³-hybridized carbons (Fsp3) is 0.400. The fourth-order valence-corrected chi connectivity index (χ4v) is 1.80. The topological polar surface area (TPSA) is 75.8 Å². The molecule has 1 amide bonds. The number of nitrogens with two attached hydrogens (primary N) is 1. The van der Waals surface area contributed by atoms with Gasteiger partial charge in [0.15, 0.2) is 0 Å². The first-order valence-electron chi connectivity index (χ1n) is 6.40. The van der Waals surface area contributed by atoms with E-state index in [1.165, 1.54) is 30.2 Å². The number of ether oxygens (including phenoxy) is 1. The summed E-state index contributed by atoms with van der Waals surface area (Å²) in [6.45, 7) is 0.348. The summed E-state index contributed by atoms with van der Waals surface area (Å²) in [5, 5.41) is 9.65. The molecule has 5 nitrogen and oxygen atoms in total. The number of amides is 1. The van der Waals surface area contributed by atoms with Crippen LogP contribution < -0.4 is 5.73 Å². The van der Waals surface area contributed by atoms with Gasteiger partial charge in [-0.2, -0.15) is 0 Å². The number of aliphatic hydroxyl groups excluding tert-OH is 1. The molecule has 0 aromatic heterocycles. The summed E-state index contributed by atoms with van der Waals surface area (Å²) in [5.74, 6) is 4.44. The predicted octanol–water partition coefficient (Wildman–Crippen LogP) is 0.215. The third-order valence-corrected chi connectivity index (χ3v) is 2.73. The third-order valence-electron chi connectivity index (χ3n) is 2.73. The minimum atomic E-state index is -0.789. The summed E-state index contributed by atoms with van der Waals surface area (Å²) in [7, 11) is 3.01. The number of benzene rings is 1. The molecule has 1 atom stereocenters. The Balaban J connectivity index is 2.95. The first-order valence-corrected chi connectivity index (χ1v) is 6.40. The zero-order valence-electron chi connectivity index (χ0n) is 12.1. The lowest BCUT2D eigenvalue weighted by Crippen LogP contribution is -2.36. The number of halogens is 1. The molecule has 0 aliphatic heterocycles. The second-order valence-corrected chi connectivity index (χ2v) is 4.49. The average Bonchev–Trinajstić information content (AvgIpc) is 2.44. The number of nitrogens with zero attached hydrogens (tertiary/aromatic N) is 1. The molecule has 21 heavy (non-hydrogen) atoms. The highest BCUT2D eigenvalue weighted by atomic mass is 19.1. The van der Waals surface area contributed by atoms with Crippen molar-refractivity contribution in [3.05, 3.63) is 35.1 Å². The molecule has 0 saturated heterocycles. The smallest absolute Gasteiger partial charge is 0.254 e. The van der Waals surface area contributed by atoms with Crippen LogP contribution in [-0.2, 0) is 4.74 Å². The first kappa shape index (κ1) is 17.1. The molecule has 1 unspecified atom stereocenters. The Morgan fingerprint density at radius 2 is 2.29 bits per heavy atom. The van der Waals surface area contributed by atoms with Crippen molar-refractivity contribution in [1.29, 1.82) is 0 Å². The Morgan fingerprint density at radius 3 is 2.90 bits per heavy atom. The van der Waals surface area contributed by atoms with Crippen molar-refractivity contribution in [2.24, 2.45) is 5.73 Å². The maximum absolute atomic E-state index is 13.3. The van der Waals surface area contributed by atoms with Crippen LogP contribution in [0.2, 0.25) is 0 Å². The number of carbonyl (C=O) groups is 1. The second-order valence-electron chi connectivity index (χ2n) is 4.49. The Hall–Kier alpha value is -1.94. The van der Waals surface area contributed by atoms with Crippen molar-refractivity contribution in [3.8, 4) is 11.8 Å². The maximum atomic E-state index is 13.3. The summed E-state index contributed by atoms with van der Waals surface area (Å²) in [6, 6.07) is 3.76. The van der Waals surface area contributed by atoms with Crippen molar-refractivity contribution >= 4 is 5.91 Å². The summed E-state index contributed by atoms with van der Waals surface area (Å²) in [4.78, 5) is 13.7. The van der Waals surface area contributed by atoms with E-state index in [0.717, 1.165) is 0 Å². The van der Waals surface area contributed by atoms with Gasteiger partial charge in [0, 0.05) is 26.3 Å². The van der Waals surface area contributed by atoms with Crippen molar-refractivity contribution in [3.63, 3.8) is 0 Å². The van der Waals surface area contributed by atoms with Crippen LogP contribution in [-0.4, -0.2) is 55.9 Å². The van der Waals surface area contributed by atoms with E-state index >= 15 is 0 Å². The Labute approximate surface area is 123 Å². The van der Waals surface area contributed by atoms with Crippen LogP contribution in [0.25, 0.3) is 0 Å². The van der Waals surface area contributed by atoms with Gasteiger partial charge in [-0.1, -0.05) is 11.8 Å². The number of methoxy groups -OCH3 is 1. The molecule has 0 radical (unpaired) electrons. The predicted molar refractivity (Wildman–Crippen MR) is 77.2 cm³/mol. The molecule has 0 fully saturated rings.